The van der Waals surface area contributed by atoms with E-state index in [-0.39, 0.29) is 5.56 Å². The molecule has 138 valence electrons. The quantitative estimate of drug-likeness (QED) is 0.373. The van der Waals surface area contributed by atoms with Gasteiger partial charge in [-0.05, 0) is 26.0 Å². The highest BCUT2D eigenvalue weighted by Gasteiger charge is 2.15. The number of thioether (sulfide) groups is 1. The maximum Gasteiger partial charge on any atom is 0.260 e. The molecule has 0 amide bonds. The lowest BCUT2D eigenvalue weighted by molar-refractivity contribution is 0.703. The van der Waals surface area contributed by atoms with Gasteiger partial charge < -0.3 is 9.55 Å². The number of aromatic nitrogens is 5. The molecule has 0 saturated heterocycles. The van der Waals surface area contributed by atoms with Crippen LogP contribution in [-0.2, 0) is 12.3 Å². The van der Waals surface area contributed by atoms with Crippen LogP contribution in [0.4, 0.5) is 0 Å². The predicted molar refractivity (Wildman–Crippen MR) is 113 cm³/mol. The maximum absolute atomic E-state index is 12.7. The van der Waals surface area contributed by atoms with Crippen LogP contribution in [0.5, 0.6) is 0 Å². The number of nitrogens with zero attached hydrogens (tertiary/aromatic N) is 4. The summed E-state index contributed by atoms with van der Waals surface area (Å²) in [6.45, 7) is 8.39. The summed E-state index contributed by atoms with van der Waals surface area (Å²) in [6, 6.07) is 4.12. The summed E-state index contributed by atoms with van der Waals surface area (Å²) < 4.78 is 1.98. The summed E-state index contributed by atoms with van der Waals surface area (Å²) in [5.41, 5.74) is 0.865. The number of aromatic amines is 1. The standard InChI is InChI=1S/C18H17N5OS3/c1-4-7-23-11(3)21-22-18(23)26-9-14-19-16(24)15-12(8-25-17(15)20-14)13-6-5-10(2)27-13/h4-6,8H,1,7,9H2,2-3H3,(H,19,20,24). The zero-order valence-electron chi connectivity index (χ0n) is 14.9. The highest BCUT2D eigenvalue weighted by atomic mass is 32.2. The van der Waals surface area contributed by atoms with E-state index >= 15 is 0 Å². The molecule has 0 bridgehead atoms. The van der Waals surface area contributed by atoms with E-state index in [0.717, 1.165) is 26.3 Å². The molecule has 0 atom stereocenters. The minimum absolute atomic E-state index is 0.0957. The first-order chi connectivity index (χ1) is 13.1. The number of aryl methyl sites for hydroxylation is 2. The average Bonchev–Trinajstić information content (AvgIpc) is 3.34. The van der Waals surface area contributed by atoms with Crippen LogP contribution in [0.1, 0.15) is 16.5 Å². The van der Waals surface area contributed by atoms with Crippen molar-refractivity contribution in [3.63, 3.8) is 0 Å². The molecule has 1 N–H and O–H groups in total. The van der Waals surface area contributed by atoms with Gasteiger partial charge in [0.25, 0.3) is 5.56 Å². The molecule has 4 aromatic rings. The molecule has 0 unspecified atom stereocenters. The molecule has 6 nitrogen and oxygen atoms in total. The Labute approximate surface area is 168 Å². The zero-order valence-corrected chi connectivity index (χ0v) is 17.3. The number of allylic oxidation sites excluding steroid dienone is 1. The van der Waals surface area contributed by atoms with Crippen molar-refractivity contribution in [2.45, 2.75) is 31.3 Å². The average molecular weight is 416 g/mol. The topological polar surface area (TPSA) is 76.5 Å². The summed E-state index contributed by atoms with van der Waals surface area (Å²) in [5, 5.41) is 11.8. The number of H-pyrrole nitrogens is 1. The largest absolute Gasteiger partial charge is 0.309 e. The van der Waals surface area contributed by atoms with Crippen molar-refractivity contribution in [2.75, 3.05) is 0 Å². The second-order valence-electron chi connectivity index (χ2n) is 5.97. The van der Waals surface area contributed by atoms with Crippen molar-refractivity contribution < 1.29 is 0 Å². The molecule has 27 heavy (non-hydrogen) atoms. The van der Waals surface area contributed by atoms with Gasteiger partial charge in [0, 0.05) is 27.2 Å². The first-order valence-electron chi connectivity index (χ1n) is 8.27. The van der Waals surface area contributed by atoms with Crippen molar-refractivity contribution in [1.82, 2.24) is 24.7 Å². The third kappa shape index (κ3) is 3.50. The second kappa shape index (κ2) is 7.41. The summed E-state index contributed by atoms with van der Waals surface area (Å²) in [7, 11) is 0. The maximum atomic E-state index is 12.7. The molecular formula is C18H17N5OS3. The van der Waals surface area contributed by atoms with Gasteiger partial charge in [0.15, 0.2) is 5.16 Å². The Morgan fingerprint density at radius 2 is 2.19 bits per heavy atom. The van der Waals surface area contributed by atoms with Crippen LogP contribution in [-0.4, -0.2) is 24.7 Å². The Kier molecular flexibility index (Phi) is 4.98. The Morgan fingerprint density at radius 3 is 2.93 bits per heavy atom. The van der Waals surface area contributed by atoms with Crippen LogP contribution in [0.3, 0.4) is 0 Å². The molecule has 9 heteroatoms. The van der Waals surface area contributed by atoms with Crippen molar-refractivity contribution in [3.05, 3.63) is 57.0 Å². The minimum atomic E-state index is -0.0957. The van der Waals surface area contributed by atoms with Gasteiger partial charge in [-0.2, -0.15) is 0 Å². The molecule has 0 aliphatic carbocycles. The molecule has 0 aliphatic rings. The number of rotatable bonds is 6. The smallest absolute Gasteiger partial charge is 0.260 e. The van der Waals surface area contributed by atoms with Gasteiger partial charge in [0.2, 0.25) is 0 Å². The fourth-order valence-electron chi connectivity index (χ4n) is 2.76. The molecule has 0 radical (unpaired) electrons. The number of nitrogens with one attached hydrogen (secondary N) is 1. The third-order valence-electron chi connectivity index (χ3n) is 4.05. The van der Waals surface area contributed by atoms with E-state index < -0.39 is 0 Å². The molecule has 4 aromatic heterocycles. The minimum Gasteiger partial charge on any atom is -0.309 e. The third-order valence-corrected chi connectivity index (χ3v) is 6.93. The second-order valence-corrected chi connectivity index (χ2v) is 9.06. The highest BCUT2D eigenvalue weighted by Crippen LogP contribution is 2.35. The van der Waals surface area contributed by atoms with Crippen molar-refractivity contribution in [1.29, 1.82) is 0 Å². The lowest BCUT2D eigenvalue weighted by Crippen LogP contribution is -2.11. The van der Waals surface area contributed by atoms with E-state index in [1.165, 1.54) is 28.0 Å². The van der Waals surface area contributed by atoms with Gasteiger partial charge in [-0.15, -0.1) is 39.4 Å². The van der Waals surface area contributed by atoms with Gasteiger partial charge in [-0.25, -0.2) is 4.98 Å². The number of fused-ring (bicyclic) bond motifs is 1. The summed E-state index contributed by atoms with van der Waals surface area (Å²) in [4.78, 5) is 23.4. The summed E-state index contributed by atoms with van der Waals surface area (Å²) in [5.74, 6) is 1.99. The highest BCUT2D eigenvalue weighted by molar-refractivity contribution is 7.98. The number of hydrogen-bond donors (Lipinski definition) is 1. The van der Waals surface area contributed by atoms with Gasteiger partial charge in [-0.1, -0.05) is 17.8 Å². The molecule has 0 saturated carbocycles. The summed E-state index contributed by atoms with van der Waals surface area (Å²) in [6.07, 6.45) is 1.81. The fourth-order valence-corrected chi connectivity index (χ4v) is 5.55. The monoisotopic (exact) mass is 415 g/mol. The van der Waals surface area contributed by atoms with Crippen molar-refractivity contribution in [3.8, 4) is 10.4 Å². The lowest BCUT2D eigenvalue weighted by atomic mass is 10.2. The number of hydrogen-bond acceptors (Lipinski definition) is 7. The van der Waals surface area contributed by atoms with E-state index in [9.17, 15) is 4.79 Å². The van der Waals surface area contributed by atoms with Crippen molar-refractivity contribution in [2.24, 2.45) is 0 Å². The lowest BCUT2D eigenvalue weighted by Gasteiger charge is -2.05. The van der Waals surface area contributed by atoms with Crippen LogP contribution in [0.15, 0.2) is 40.1 Å². The van der Waals surface area contributed by atoms with Crippen LogP contribution in [0.25, 0.3) is 20.7 Å². The molecule has 0 aliphatic heterocycles. The van der Waals surface area contributed by atoms with E-state index in [0.29, 0.717) is 23.5 Å². The summed E-state index contributed by atoms with van der Waals surface area (Å²) >= 11 is 4.69. The molecule has 0 spiro atoms. The molecule has 0 fully saturated rings. The van der Waals surface area contributed by atoms with E-state index in [4.69, 9.17) is 0 Å². The zero-order chi connectivity index (χ0) is 19.0. The Bertz CT molecular complexity index is 1180. The molecule has 4 heterocycles. The van der Waals surface area contributed by atoms with E-state index in [1.54, 1.807) is 11.3 Å². The van der Waals surface area contributed by atoms with Crippen LogP contribution in [0.2, 0.25) is 0 Å². The van der Waals surface area contributed by atoms with Crippen LogP contribution >= 0.6 is 34.4 Å². The number of thiophene rings is 2. The first-order valence-corrected chi connectivity index (χ1v) is 11.0. The van der Waals surface area contributed by atoms with E-state index in [2.05, 4.69) is 45.8 Å². The SMILES string of the molecule is C=CCn1c(C)nnc1SCc1nc2scc(-c3ccc(C)s3)c2c(=O)[nH]1. The first kappa shape index (κ1) is 18.1. The van der Waals surface area contributed by atoms with Crippen LogP contribution in [0, 0.1) is 13.8 Å². The Hall–Kier alpha value is -2.23. The van der Waals surface area contributed by atoms with Gasteiger partial charge in [0.1, 0.15) is 16.5 Å². The van der Waals surface area contributed by atoms with Gasteiger partial charge >= 0.3 is 0 Å². The molecule has 4 rings (SSSR count). The Morgan fingerprint density at radius 1 is 1.33 bits per heavy atom. The van der Waals surface area contributed by atoms with Crippen LogP contribution < -0.4 is 5.56 Å². The van der Waals surface area contributed by atoms with Gasteiger partial charge in [-0.3, -0.25) is 4.79 Å². The Balaban J connectivity index is 1.63. The fraction of sp³-hybridized carbons (Fsp3) is 0.222. The van der Waals surface area contributed by atoms with Crippen molar-refractivity contribution >= 4 is 44.7 Å². The van der Waals surface area contributed by atoms with Gasteiger partial charge in [0.05, 0.1) is 11.1 Å². The molecule has 0 aromatic carbocycles. The van der Waals surface area contributed by atoms with E-state index in [1.807, 2.05) is 22.9 Å². The predicted octanol–water partition coefficient (Wildman–Crippen LogP) is 4.40. The molecular weight excluding hydrogens is 398 g/mol. The normalized spacial score (nSPS) is 11.3.